The normalized spacial score (nSPS) is 15.6. The van der Waals surface area contributed by atoms with Gasteiger partial charge in [0.1, 0.15) is 18.6 Å². The Morgan fingerprint density at radius 3 is 2.00 bits per heavy atom. The molecule has 0 aromatic rings. The number of aliphatic carboxylic acids is 1. The molecule has 3 amide bonds. The van der Waals surface area contributed by atoms with Gasteiger partial charge in [-0.15, -0.1) is 0 Å². The van der Waals surface area contributed by atoms with Gasteiger partial charge >= 0.3 is 5.97 Å². The fraction of sp³-hybridized carbons (Fsp3) is 0.714. The molecule has 11 heteroatoms. The summed E-state index contributed by atoms with van der Waals surface area (Å²) in [5.74, 6) is -3.71. The molecule has 0 saturated carbocycles. The lowest BCUT2D eigenvalue weighted by Crippen LogP contribution is -2.60. The number of aliphatic hydroxyl groups is 1. The standard InChI is InChI=1S/C14H26N4O6S/c1-6(2)10(15)13(23)18-11(7(3)19)14(24)17-8(5-25)12(22)16-4-9(20)21/h6-8,10-11,19,25H,4-5,15H2,1-3H3,(H,16,22)(H,17,24)(H,18,23)(H,20,21)/t7-,8-,10+,11+/m1/s1. The molecule has 0 radical (unpaired) electrons. The first kappa shape index (κ1) is 23.1. The summed E-state index contributed by atoms with van der Waals surface area (Å²) >= 11 is 3.93. The Hall–Kier alpha value is -1.85. The van der Waals surface area contributed by atoms with E-state index >= 15 is 0 Å². The number of carboxylic acids is 1. The molecule has 0 aliphatic heterocycles. The van der Waals surface area contributed by atoms with Gasteiger partial charge in [-0.05, 0) is 12.8 Å². The maximum absolute atomic E-state index is 12.3. The first-order valence-electron chi connectivity index (χ1n) is 7.66. The molecule has 7 N–H and O–H groups in total. The molecule has 0 aliphatic carbocycles. The Morgan fingerprint density at radius 1 is 1.04 bits per heavy atom. The molecule has 25 heavy (non-hydrogen) atoms. The number of carbonyl (C=O) groups is 4. The van der Waals surface area contributed by atoms with Crippen molar-refractivity contribution in [1.29, 1.82) is 0 Å². The Labute approximate surface area is 151 Å². The van der Waals surface area contributed by atoms with E-state index in [1.165, 1.54) is 6.92 Å². The van der Waals surface area contributed by atoms with E-state index < -0.39 is 54.5 Å². The lowest BCUT2D eigenvalue weighted by Gasteiger charge is -2.25. The molecule has 0 unspecified atom stereocenters. The zero-order valence-electron chi connectivity index (χ0n) is 14.4. The average Bonchev–Trinajstić information content (AvgIpc) is 2.53. The molecule has 0 spiro atoms. The van der Waals surface area contributed by atoms with E-state index in [0.717, 1.165) is 0 Å². The summed E-state index contributed by atoms with van der Waals surface area (Å²) in [6.07, 6.45) is -1.24. The van der Waals surface area contributed by atoms with Crippen LogP contribution >= 0.6 is 12.6 Å². The highest BCUT2D eigenvalue weighted by Gasteiger charge is 2.31. The molecular formula is C14H26N4O6S. The highest BCUT2D eigenvalue weighted by Crippen LogP contribution is 2.02. The van der Waals surface area contributed by atoms with Crippen LogP contribution in [0.15, 0.2) is 0 Å². The molecule has 4 atom stereocenters. The highest BCUT2D eigenvalue weighted by molar-refractivity contribution is 7.80. The minimum absolute atomic E-state index is 0.108. The summed E-state index contributed by atoms with van der Waals surface area (Å²) in [7, 11) is 0. The van der Waals surface area contributed by atoms with E-state index in [-0.39, 0.29) is 11.7 Å². The predicted octanol–water partition coefficient (Wildman–Crippen LogP) is -2.55. The lowest BCUT2D eigenvalue weighted by molar-refractivity contribution is -0.138. The van der Waals surface area contributed by atoms with Crippen molar-refractivity contribution in [2.24, 2.45) is 11.7 Å². The first-order chi connectivity index (χ1) is 11.5. The lowest BCUT2D eigenvalue weighted by atomic mass is 10.0. The van der Waals surface area contributed by atoms with Gasteiger partial charge in [0.15, 0.2) is 0 Å². The Morgan fingerprint density at radius 2 is 1.60 bits per heavy atom. The molecular weight excluding hydrogens is 352 g/mol. The zero-order chi connectivity index (χ0) is 19.7. The van der Waals surface area contributed by atoms with Crippen LogP contribution in [0.25, 0.3) is 0 Å². The van der Waals surface area contributed by atoms with Crippen LogP contribution in [0.4, 0.5) is 0 Å². The van der Waals surface area contributed by atoms with Crippen LogP contribution in [0.5, 0.6) is 0 Å². The first-order valence-corrected chi connectivity index (χ1v) is 8.29. The third kappa shape index (κ3) is 8.18. The number of carboxylic acid groups (broad SMARTS) is 1. The fourth-order valence-corrected chi connectivity index (χ4v) is 1.96. The molecule has 0 heterocycles. The van der Waals surface area contributed by atoms with Crippen molar-refractivity contribution in [2.45, 2.75) is 45.0 Å². The van der Waals surface area contributed by atoms with Crippen molar-refractivity contribution in [1.82, 2.24) is 16.0 Å². The smallest absolute Gasteiger partial charge is 0.322 e. The van der Waals surface area contributed by atoms with Crippen molar-refractivity contribution < 1.29 is 29.4 Å². The minimum Gasteiger partial charge on any atom is -0.480 e. The topological polar surface area (TPSA) is 171 Å². The van der Waals surface area contributed by atoms with Crippen molar-refractivity contribution in [3.8, 4) is 0 Å². The van der Waals surface area contributed by atoms with Gasteiger partial charge in [-0.2, -0.15) is 12.6 Å². The van der Waals surface area contributed by atoms with Crippen LogP contribution in [0.3, 0.4) is 0 Å². The maximum atomic E-state index is 12.3. The third-order valence-corrected chi connectivity index (χ3v) is 3.68. The van der Waals surface area contributed by atoms with Gasteiger partial charge in [0.25, 0.3) is 0 Å². The molecule has 0 aliphatic rings. The van der Waals surface area contributed by atoms with Crippen LogP contribution < -0.4 is 21.7 Å². The van der Waals surface area contributed by atoms with Gasteiger partial charge < -0.3 is 31.9 Å². The summed E-state index contributed by atoms with van der Waals surface area (Å²) in [6.45, 7) is 4.14. The van der Waals surface area contributed by atoms with Gasteiger partial charge in [0, 0.05) is 5.75 Å². The van der Waals surface area contributed by atoms with Crippen LogP contribution in [0.2, 0.25) is 0 Å². The predicted molar refractivity (Wildman–Crippen MR) is 92.9 cm³/mol. The number of hydrogen-bond acceptors (Lipinski definition) is 7. The number of amides is 3. The number of hydrogen-bond donors (Lipinski definition) is 7. The molecule has 10 nitrogen and oxygen atoms in total. The quantitative estimate of drug-likeness (QED) is 0.205. The molecule has 0 aromatic carbocycles. The van der Waals surface area contributed by atoms with Crippen molar-refractivity contribution >= 4 is 36.3 Å². The summed E-state index contributed by atoms with van der Waals surface area (Å²) < 4.78 is 0. The van der Waals surface area contributed by atoms with Gasteiger partial charge in [0.2, 0.25) is 17.7 Å². The van der Waals surface area contributed by atoms with Crippen LogP contribution in [-0.4, -0.2) is 70.4 Å². The van der Waals surface area contributed by atoms with Gasteiger partial charge in [-0.1, -0.05) is 13.8 Å². The number of carbonyl (C=O) groups excluding carboxylic acids is 3. The second-order valence-corrected chi connectivity index (χ2v) is 6.22. The van der Waals surface area contributed by atoms with Crippen molar-refractivity contribution in [3.63, 3.8) is 0 Å². The Bertz CT molecular complexity index is 500. The van der Waals surface area contributed by atoms with Crippen molar-refractivity contribution in [3.05, 3.63) is 0 Å². The number of aliphatic hydroxyl groups excluding tert-OH is 1. The summed E-state index contributed by atoms with van der Waals surface area (Å²) in [5, 5.41) is 25.0. The van der Waals surface area contributed by atoms with E-state index in [9.17, 15) is 24.3 Å². The highest BCUT2D eigenvalue weighted by atomic mass is 32.1. The molecule has 144 valence electrons. The van der Waals surface area contributed by atoms with Crippen LogP contribution in [-0.2, 0) is 19.2 Å². The summed E-state index contributed by atoms with van der Waals surface area (Å²) in [6, 6.07) is -3.33. The van der Waals surface area contributed by atoms with E-state index in [1.54, 1.807) is 13.8 Å². The van der Waals surface area contributed by atoms with E-state index in [0.29, 0.717) is 0 Å². The average molecular weight is 378 g/mol. The second kappa shape index (κ2) is 10.9. The van der Waals surface area contributed by atoms with Gasteiger partial charge in [-0.25, -0.2) is 0 Å². The SMILES string of the molecule is CC(C)[C@H](N)C(=O)N[C@H](C(=O)N[C@H](CS)C(=O)NCC(=O)O)[C@@H](C)O. The van der Waals surface area contributed by atoms with Gasteiger partial charge in [-0.3, -0.25) is 19.2 Å². The number of rotatable bonds is 10. The Balaban J connectivity index is 4.94. The molecule has 0 aromatic heterocycles. The Kier molecular flexibility index (Phi) is 10.1. The fourth-order valence-electron chi connectivity index (χ4n) is 1.70. The number of thiol groups is 1. The number of nitrogens with one attached hydrogen (secondary N) is 3. The molecule has 0 fully saturated rings. The summed E-state index contributed by atoms with van der Waals surface area (Å²) in [4.78, 5) is 46.5. The third-order valence-electron chi connectivity index (χ3n) is 3.31. The van der Waals surface area contributed by atoms with E-state index in [2.05, 4.69) is 28.6 Å². The van der Waals surface area contributed by atoms with E-state index in [4.69, 9.17) is 10.8 Å². The van der Waals surface area contributed by atoms with Gasteiger partial charge in [0.05, 0.1) is 12.1 Å². The second-order valence-electron chi connectivity index (χ2n) is 5.85. The van der Waals surface area contributed by atoms with Crippen LogP contribution in [0.1, 0.15) is 20.8 Å². The van der Waals surface area contributed by atoms with Crippen molar-refractivity contribution in [2.75, 3.05) is 12.3 Å². The van der Waals surface area contributed by atoms with E-state index in [1.807, 2.05) is 0 Å². The molecule has 0 rings (SSSR count). The molecule has 0 bridgehead atoms. The number of nitrogens with two attached hydrogens (primary N) is 1. The van der Waals surface area contributed by atoms with Crippen LogP contribution in [0, 0.1) is 5.92 Å². The maximum Gasteiger partial charge on any atom is 0.322 e. The summed E-state index contributed by atoms with van der Waals surface area (Å²) in [5.41, 5.74) is 5.69. The minimum atomic E-state index is -1.33. The zero-order valence-corrected chi connectivity index (χ0v) is 15.2. The molecule has 0 saturated heterocycles. The monoisotopic (exact) mass is 378 g/mol. The largest absolute Gasteiger partial charge is 0.480 e.